The molecule has 25 heavy (non-hydrogen) atoms. The summed E-state index contributed by atoms with van der Waals surface area (Å²) in [5.41, 5.74) is 1.69. The smallest absolute Gasteiger partial charge is 0.160 e. The van der Waals surface area contributed by atoms with Crippen LogP contribution in [-0.4, -0.2) is 18.0 Å². The van der Waals surface area contributed by atoms with Gasteiger partial charge in [0, 0.05) is 12.3 Å². The molecule has 132 valence electrons. The Morgan fingerprint density at radius 2 is 2.04 bits per heavy atom. The minimum absolute atomic E-state index is 0.0812. The topological polar surface area (TPSA) is 58.6 Å². The molecule has 5 heteroatoms. The second-order valence-corrected chi connectivity index (χ2v) is 6.76. The van der Waals surface area contributed by atoms with E-state index in [9.17, 15) is 9.90 Å². The van der Waals surface area contributed by atoms with Crippen LogP contribution in [0.2, 0.25) is 5.02 Å². The van der Waals surface area contributed by atoms with Crippen LogP contribution in [0.4, 0.5) is 5.69 Å². The van der Waals surface area contributed by atoms with Gasteiger partial charge in [-0.25, -0.2) is 0 Å². The molecule has 1 aliphatic carbocycles. The van der Waals surface area contributed by atoms with Crippen molar-refractivity contribution in [3.63, 3.8) is 0 Å². The predicted octanol–water partition coefficient (Wildman–Crippen LogP) is 4.97. The third-order valence-electron chi connectivity index (χ3n) is 4.75. The SMILES string of the molecule is COc1cc([C@@H](Nc2ccccc2Cl)[C@@H]2CCCCC2=O)ccc1O. The lowest BCUT2D eigenvalue weighted by molar-refractivity contribution is -0.125. The lowest BCUT2D eigenvalue weighted by atomic mass is 9.80. The molecule has 0 aromatic heterocycles. The van der Waals surface area contributed by atoms with Gasteiger partial charge in [0.2, 0.25) is 0 Å². The number of hydrogen-bond donors (Lipinski definition) is 2. The fourth-order valence-corrected chi connectivity index (χ4v) is 3.60. The maximum Gasteiger partial charge on any atom is 0.160 e. The van der Waals surface area contributed by atoms with Crippen molar-refractivity contribution in [2.24, 2.45) is 5.92 Å². The molecule has 2 aromatic rings. The first-order chi connectivity index (χ1) is 12.1. The third-order valence-corrected chi connectivity index (χ3v) is 5.08. The highest BCUT2D eigenvalue weighted by molar-refractivity contribution is 6.33. The van der Waals surface area contributed by atoms with Crippen molar-refractivity contribution in [2.45, 2.75) is 31.7 Å². The number of ether oxygens (including phenoxy) is 1. The number of para-hydroxylation sites is 1. The van der Waals surface area contributed by atoms with Gasteiger partial charge in [-0.3, -0.25) is 4.79 Å². The number of benzene rings is 2. The Labute approximate surface area is 152 Å². The summed E-state index contributed by atoms with van der Waals surface area (Å²) >= 11 is 6.30. The highest BCUT2D eigenvalue weighted by atomic mass is 35.5. The molecule has 2 N–H and O–H groups in total. The molecular formula is C20H22ClNO3. The highest BCUT2D eigenvalue weighted by Gasteiger charge is 2.32. The summed E-state index contributed by atoms with van der Waals surface area (Å²) in [4.78, 5) is 12.6. The molecule has 0 radical (unpaired) electrons. The summed E-state index contributed by atoms with van der Waals surface area (Å²) in [5, 5.41) is 13.9. The van der Waals surface area contributed by atoms with Gasteiger partial charge in [-0.2, -0.15) is 0 Å². The Kier molecular flexibility index (Phi) is 5.49. The van der Waals surface area contributed by atoms with Crippen LogP contribution in [0.15, 0.2) is 42.5 Å². The summed E-state index contributed by atoms with van der Waals surface area (Å²) in [6.07, 6.45) is 3.43. The van der Waals surface area contributed by atoms with Crippen molar-refractivity contribution in [3.05, 3.63) is 53.1 Å². The number of carbonyl (C=O) groups is 1. The van der Waals surface area contributed by atoms with E-state index in [1.54, 1.807) is 12.1 Å². The van der Waals surface area contributed by atoms with E-state index in [1.165, 1.54) is 7.11 Å². The number of nitrogens with one attached hydrogen (secondary N) is 1. The normalized spacial score (nSPS) is 18.6. The van der Waals surface area contributed by atoms with Crippen molar-refractivity contribution < 1.29 is 14.6 Å². The van der Waals surface area contributed by atoms with Crippen LogP contribution in [-0.2, 0) is 4.79 Å². The van der Waals surface area contributed by atoms with Crippen LogP contribution in [0, 0.1) is 5.92 Å². The summed E-state index contributed by atoms with van der Waals surface area (Å²) in [7, 11) is 1.51. The zero-order valence-corrected chi connectivity index (χ0v) is 14.9. The summed E-state index contributed by atoms with van der Waals surface area (Å²) in [6.45, 7) is 0. The average molecular weight is 360 g/mol. The molecule has 0 amide bonds. The second kappa shape index (κ2) is 7.79. The van der Waals surface area contributed by atoms with Crippen molar-refractivity contribution in [3.8, 4) is 11.5 Å². The minimum atomic E-state index is -0.220. The molecule has 2 aromatic carbocycles. The molecule has 3 rings (SSSR count). The molecule has 0 unspecified atom stereocenters. The molecule has 4 nitrogen and oxygen atoms in total. The van der Waals surface area contributed by atoms with E-state index >= 15 is 0 Å². The summed E-state index contributed by atoms with van der Waals surface area (Å²) < 4.78 is 5.24. The molecule has 1 aliphatic rings. The largest absolute Gasteiger partial charge is 0.504 e. The van der Waals surface area contributed by atoms with Gasteiger partial charge in [-0.15, -0.1) is 0 Å². The van der Waals surface area contributed by atoms with Gasteiger partial charge in [0.05, 0.1) is 23.9 Å². The highest BCUT2D eigenvalue weighted by Crippen LogP contribution is 2.39. The maximum absolute atomic E-state index is 12.6. The number of ketones is 1. The first-order valence-corrected chi connectivity index (χ1v) is 8.88. The number of rotatable bonds is 5. The van der Waals surface area contributed by atoms with Crippen LogP contribution >= 0.6 is 11.6 Å². The number of aromatic hydroxyl groups is 1. The fraction of sp³-hybridized carbons (Fsp3) is 0.350. The van der Waals surface area contributed by atoms with Crippen LogP contribution < -0.4 is 10.1 Å². The number of Topliss-reactive ketones (excluding diaryl/α,β-unsaturated/α-hetero) is 1. The number of carbonyl (C=O) groups excluding carboxylic acids is 1. The maximum atomic E-state index is 12.6. The van der Waals surface area contributed by atoms with Gasteiger partial charge in [-0.05, 0) is 42.7 Å². The molecule has 0 heterocycles. The Morgan fingerprint density at radius 1 is 1.24 bits per heavy atom. The monoisotopic (exact) mass is 359 g/mol. The van der Waals surface area contributed by atoms with Crippen LogP contribution in [0.3, 0.4) is 0 Å². The zero-order chi connectivity index (χ0) is 17.8. The van der Waals surface area contributed by atoms with Gasteiger partial charge >= 0.3 is 0 Å². The quantitative estimate of drug-likeness (QED) is 0.791. The first-order valence-electron chi connectivity index (χ1n) is 8.51. The van der Waals surface area contributed by atoms with Gasteiger partial charge in [-0.1, -0.05) is 36.2 Å². The Morgan fingerprint density at radius 3 is 2.76 bits per heavy atom. The van der Waals surface area contributed by atoms with Crippen LogP contribution in [0.1, 0.15) is 37.3 Å². The zero-order valence-electron chi connectivity index (χ0n) is 14.2. The molecular weight excluding hydrogens is 338 g/mol. The number of phenolic OH excluding ortho intramolecular Hbond substituents is 1. The molecule has 1 fully saturated rings. The molecule has 0 aliphatic heterocycles. The van der Waals surface area contributed by atoms with Gasteiger partial charge < -0.3 is 15.2 Å². The standard InChI is InChI=1S/C20H22ClNO3/c1-25-19-12-13(10-11-18(19)24)20(14-6-2-5-9-17(14)23)22-16-8-4-3-7-15(16)21/h3-4,7-8,10-12,14,20,22,24H,2,5-6,9H2,1H3/t14-,20-/m1/s1. The number of halogens is 1. The van der Waals surface area contributed by atoms with Crippen LogP contribution in [0.5, 0.6) is 11.5 Å². The molecule has 0 bridgehead atoms. The Balaban J connectivity index is 1.99. The molecule has 0 saturated heterocycles. The van der Waals surface area contributed by atoms with E-state index < -0.39 is 0 Å². The van der Waals surface area contributed by atoms with E-state index in [1.807, 2.05) is 30.3 Å². The van der Waals surface area contributed by atoms with Crippen LogP contribution in [0.25, 0.3) is 0 Å². The average Bonchev–Trinajstić information content (AvgIpc) is 2.62. The number of anilines is 1. The van der Waals surface area contributed by atoms with E-state index in [-0.39, 0.29) is 23.5 Å². The van der Waals surface area contributed by atoms with Gasteiger partial charge in [0.15, 0.2) is 11.5 Å². The fourth-order valence-electron chi connectivity index (χ4n) is 3.41. The van der Waals surface area contributed by atoms with E-state index in [4.69, 9.17) is 16.3 Å². The Hall–Kier alpha value is -2.20. The molecule has 2 atom stereocenters. The second-order valence-electron chi connectivity index (χ2n) is 6.35. The lowest BCUT2D eigenvalue weighted by Crippen LogP contribution is -2.30. The number of methoxy groups -OCH3 is 1. The van der Waals surface area contributed by atoms with Crippen molar-refractivity contribution in [1.82, 2.24) is 0 Å². The predicted molar refractivity (Wildman–Crippen MR) is 99.4 cm³/mol. The van der Waals surface area contributed by atoms with E-state index in [0.29, 0.717) is 17.2 Å². The van der Waals surface area contributed by atoms with Crippen molar-refractivity contribution in [1.29, 1.82) is 0 Å². The third kappa shape index (κ3) is 3.90. The van der Waals surface area contributed by atoms with Gasteiger partial charge in [0.1, 0.15) is 5.78 Å². The Bertz CT molecular complexity index is 762. The van der Waals surface area contributed by atoms with Crippen molar-refractivity contribution in [2.75, 3.05) is 12.4 Å². The van der Waals surface area contributed by atoms with E-state index in [2.05, 4.69) is 5.32 Å². The minimum Gasteiger partial charge on any atom is -0.504 e. The lowest BCUT2D eigenvalue weighted by Gasteiger charge is -2.31. The summed E-state index contributed by atoms with van der Waals surface area (Å²) in [6, 6.07) is 12.5. The number of phenols is 1. The van der Waals surface area contributed by atoms with Gasteiger partial charge in [0.25, 0.3) is 0 Å². The van der Waals surface area contributed by atoms with Crippen molar-refractivity contribution >= 4 is 23.1 Å². The van der Waals surface area contributed by atoms with E-state index in [0.717, 1.165) is 30.5 Å². The first kappa shape index (κ1) is 17.6. The molecule has 1 saturated carbocycles. The molecule has 0 spiro atoms. The number of hydrogen-bond acceptors (Lipinski definition) is 4. The summed E-state index contributed by atoms with van der Waals surface area (Å²) in [5.74, 6) is 0.617.